The van der Waals surface area contributed by atoms with Crippen molar-refractivity contribution in [2.24, 2.45) is 5.92 Å². The molecule has 2 atom stereocenters. The highest BCUT2D eigenvalue weighted by Gasteiger charge is 2.32. The van der Waals surface area contributed by atoms with Crippen molar-refractivity contribution in [3.05, 3.63) is 73.3 Å². The Hall–Kier alpha value is -2.44. The van der Waals surface area contributed by atoms with Gasteiger partial charge in [-0.15, -0.1) is 22.7 Å². The smallest absolute Gasteiger partial charge is 0.341 e. The SMILES string of the molecule is CC(C)OC(=O)c1c(NC(=O)c2csc3c2CC[C@@H](C)C3)sc2c1CC[C@H](c1ccccc1)C2. The van der Waals surface area contributed by atoms with Crippen molar-refractivity contribution in [2.45, 2.75) is 71.3 Å². The van der Waals surface area contributed by atoms with E-state index in [2.05, 4.69) is 36.5 Å². The molecule has 0 unspecified atom stereocenters. The number of esters is 1. The monoisotopic (exact) mass is 493 g/mol. The molecule has 0 fully saturated rings. The fraction of sp³-hybridized carbons (Fsp3) is 0.429. The minimum Gasteiger partial charge on any atom is -0.459 e. The van der Waals surface area contributed by atoms with Gasteiger partial charge in [0.2, 0.25) is 0 Å². The van der Waals surface area contributed by atoms with Crippen molar-refractivity contribution >= 4 is 39.6 Å². The minimum absolute atomic E-state index is 0.108. The van der Waals surface area contributed by atoms with Crippen LogP contribution in [0.4, 0.5) is 5.00 Å². The molecule has 4 nitrogen and oxygen atoms in total. The van der Waals surface area contributed by atoms with E-state index in [9.17, 15) is 9.59 Å². The van der Waals surface area contributed by atoms with Crippen LogP contribution in [-0.2, 0) is 30.4 Å². The molecule has 0 saturated carbocycles. The summed E-state index contributed by atoms with van der Waals surface area (Å²) >= 11 is 3.24. The zero-order chi connectivity index (χ0) is 23.8. The van der Waals surface area contributed by atoms with Crippen LogP contribution in [0.15, 0.2) is 35.7 Å². The van der Waals surface area contributed by atoms with Gasteiger partial charge in [0.05, 0.1) is 17.2 Å². The van der Waals surface area contributed by atoms with E-state index in [4.69, 9.17) is 4.74 Å². The van der Waals surface area contributed by atoms with Crippen LogP contribution in [0.3, 0.4) is 0 Å². The standard InChI is InChI=1S/C28H31NO3S2/c1-16(2)32-28(31)25-21-12-10-19(18-7-5-4-6-8-18)14-24(21)34-27(25)29-26(30)22-15-33-23-13-17(3)9-11-20(22)23/h4-8,15-17,19H,9-14H2,1-3H3,(H,29,30)/t17-,19+/m1/s1. The van der Waals surface area contributed by atoms with Crippen LogP contribution < -0.4 is 5.32 Å². The first kappa shape index (κ1) is 23.3. The summed E-state index contributed by atoms with van der Waals surface area (Å²) in [4.78, 5) is 29.0. The van der Waals surface area contributed by atoms with Gasteiger partial charge < -0.3 is 10.1 Å². The number of hydrogen-bond donors (Lipinski definition) is 1. The van der Waals surface area contributed by atoms with E-state index in [1.165, 1.54) is 20.9 Å². The number of hydrogen-bond acceptors (Lipinski definition) is 5. The van der Waals surface area contributed by atoms with Gasteiger partial charge in [0.15, 0.2) is 0 Å². The summed E-state index contributed by atoms with van der Waals surface area (Å²) in [5.74, 6) is 0.655. The summed E-state index contributed by atoms with van der Waals surface area (Å²) in [6, 6.07) is 10.6. The largest absolute Gasteiger partial charge is 0.459 e. The van der Waals surface area contributed by atoms with Crippen molar-refractivity contribution in [3.8, 4) is 0 Å². The van der Waals surface area contributed by atoms with Crippen LogP contribution in [0.1, 0.15) is 86.7 Å². The summed E-state index contributed by atoms with van der Waals surface area (Å²) in [6.45, 7) is 5.99. The van der Waals surface area contributed by atoms with Crippen LogP contribution in [0, 0.1) is 5.92 Å². The lowest BCUT2D eigenvalue weighted by Crippen LogP contribution is -2.19. The summed E-state index contributed by atoms with van der Waals surface area (Å²) < 4.78 is 5.61. The lowest BCUT2D eigenvalue weighted by atomic mass is 9.83. The van der Waals surface area contributed by atoms with Crippen molar-refractivity contribution < 1.29 is 14.3 Å². The number of carbonyl (C=O) groups is 2. The Morgan fingerprint density at radius 1 is 1.03 bits per heavy atom. The first-order valence-electron chi connectivity index (χ1n) is 12.2. The molecule has 1 N–H and O–H groups in total. The van der Waals surface area contributed by atoms with Crippen molar-refractivity contribution in [1.29, 1.82) is 0 Å². The number of ether oxygens (including phenoxy) is 1. The van der Waals surface area contributed by atoms with Gasteiger partial charge >= 0.3 is 5.97 Å². The molecule has 0 bridgehead atoms. The quantitative estimate of drug-likeness (QED) is 0.388. The van der Waals surface area contributed by atoms with Gasteiger partial charge in [0.25, 0.3) is 5.91 Å². The predicted octanol–water partition coefficient (Wildman–Crippen LogP) is 7.02. The van der Waals surface area contributed by atoms with Crippen molar-refractivity contribution in [1.82, 2.24) is 0 Å². The average molecular weight is 494 g/mol. The van der Waals surface area contributed by atoms with Gasteiger partial charge in [-0.05, 0) is 80.9 Å². The minimum atomic E-state index is -0.331. The maximum Gasteiger partial charge on any atom is 0.341 e. The molecular weight excluding hydrogens is 462 g/mol. The molecule has 1 aromatic carbocycles. The number of nitrogens with one attached hydrogen (secondary N) is 1. The second-order valence-corrected chi connectivity index (χ2v) is 11.9. The molecule has 3 aromatic rings. The lowest BCUT2D eigenvalue weighted by molar-refractivity contribution is 0.0378. The Morgan fingerprint density at radius 2 is 1.79 bits per heavy atom. The normalized spacial score (nSPS) is 19.4. The molecular formula is C28H31NO3S2. The van der Waals surface area contributed by atoms with Crippen LogP contribution in [0.2, 0.25) is 0 Å². The Labute approximate surface area is 209 Å². The third-order valence-electron chi connectivity index (χ3n) is 6.96. The number of anilines is 1. The van der Waals surface area contributed by atoms with Crippen LogP contribution in [0.25, 0.3) is 0 Å². The van der Waals surface area contributed by atoms with E-state index >= 15 is 0 Å². The second kappa shape index (κ2) is 9.67. The Bertz CT molecular complexity index is 1210. The van der Waals surface area contributed by atoms with E-state index in [-0.39, 0.29) is 18.0 Å². The number of benzene rings is 1. The van der Waals surface area contributed by atoms with E-state index in [1.807, 2.05) is 25.3 Å². The summed E-state index contributed by atoms with van der Waals surface area (Å²) in [6.07, 6.45) is 5.59. The predicted molar refractivity (Wildman–Crippen MR) is 140 cm³/mol. The maximum atomic E-state index is 13.4. The van der Waals surface area contributed by atoms with Gasteiger partial charge in [-0.1, -0.05) is 37.3 Å². The van der Waals surface area contributed by atoms with Gasteiger partial charge in [0, 0.05) is 15.1 Å². The van der Waals surface area contributed by atoms with Crippen LogP contribution in [0.5, 0.6) is 0 Å². The Balaban J connectivity index is 1.45. The Morgan fingerprint density at radius 3 is 2.56 bits per heavy atom. The highest BCUT2D eigenvalue weighted by molar-refractivity contribution is 7.17. The zero-order valence-corrected chi connectivity index (χ0v) is 21.6. The second-order valence-electron chi connectivity index (χ2n) is 9.87. The highest BCUT2D eigenvalue weighted by Crippen LogP contribution is 2.43. The van der Waals surface area contributed by atoms with E-state index in [0.29, 0.717) is 22.4 Å². The molecule has 6 heteroatoms. The fourth-order valence-corrected chi connectivity index (χ4v) is 7.77. The molecule has 1 amide bonds. The lowest BCUT2D eigenvalue weighted by Gasteiger charge is -2.23. The molecule has 2 heterocycles. The van der Waals surface area contributed by atoms with Gasteiger partial charge in [-0.3, -0.25) is 4.79 Å². The number of carbonyl (C=O) groups excluding carboxylic acids is 2. The Kier molecular flexibility index (Phi) is 6.63. The number of thiophene rings is 2. The van der Waals surface area contributed by atoms with E-state index in [1.54, 1.807) is 22.7 Å². The highest BCUT2D eigenvalue weighted by atomic mass is 32.1. The van der Waals surface area contributed by atoms with Gasteiger partial charge in [-0.2, -0.15) is 0 Å². The van der Waals surface area contributed by atoms with E-state index in [0.717, 1.165) is 49.7 Å². The first-order chi connectivity index (χ1) is 16.4. The molecule has 0 radical (unpaired) electrons. The van der Waals surface area contributed by atoms with Gasteiger partial charge in [0.1, 0.15) is 5.00 Å². The maximum absolute atomic E-state index is 13.4. The topological polar surface area (TPSA) is 55.4 Å². The fourth-order valence-electron chi connectivity index (χ4n) is 5.21. The summed E-state index contributed by atoms with van der Waals surface area (Å²) in [5, 5.41) is 5.75. The summed E-state index contributed by atoms with van der Waals surface area (Å²) in [7, 11) is 0. The molecule has 5 rings (SSSR count). The average Bonchev–Trinajstić information content (AvgIpc) is 3.39. The molecule has 2 aliphatic rings. The van der Waals surface area contributed by atoms with Crippen LogP contribution >= 0.6 is 22.7 Å². The van der Waals surface area contributed by atoms with Crippen LogP contribution in [-0.4, -0.2) is 18.0 Å². The molecule has 2 aromatic heterocycles. The third kappa shape index (κ3) is 4.58. The first-order valence-corrected chi connectivity index (χ1v) is 13.9. The van der Waals surface area contributed by atoms with E-state index < -0.39 is 0 Å². The number of rotatable bonds is 5. The van der Waals surface area contributed by atoms with Gasteiger partial charge in [-0.25, -0.2) is 4.79 Å². The third-order valence-corrected chi connectivity index (χ3v) is 9.18. The molecule has 178 valence electrons. The molecule has 34 heavy (non-hydrogen) atoms. The van der Waals surface area contributed by atoms with Crippen molar-refractivity contribution in [2.75, 3.05) is 5.32 Å². The number of fused-ring (bicyclic) bond motifs is 2. The number of amides is 1. The molecule has 2 aliphatic carbocycles. The molecule has 0 saturated heterocycles. The zero-order valence-electron chi connectivity index (χ0n) is 20.0. The van der Waals surface area contributed by atoms with Crippen molar-refractivity contribution in [3.63, 3.8) is 0 Å². The molecule has 0 spiro atoms. The summed E-state index contributed by atoms with van der Waals surface area (Å²) in [5.41, 5.74) is 4.91. The molecule has 0 aliphatic heterocycles.